The summed E-state index contributed by atoms with van der Waals surface area (Å²) in [5.41, 5.74) is 0.810. The second-order valence-corrected chi connectivity index (χ2v) is 8.16. The van der Waals surface area contributed by atoms with Crippen LogP contribution in [0.1, 0.15) is 19.8 Å². The van der Waals surface area contributed by atoms with Crippen LogP contribution in [0.15, 0.2) is 48.5 Å². The monoisotopic (exact) mass is 463 g/mol. The van der Waals surface area contributed by atoms with E-state index >= 15 is 0 Å². The van der Waals surface area contributed by atoms with Gasteiger partial charge in [-0.3, -0.25) is 9.69 Å². The van der Waals surface area contributed by atoms with Crippen molar-refractivity contribution in [2.75, 3.05) is 45.3 Å². The highest BCUT2D eigenvalue weighted by atomic mass is 35.5. The van der Waals surface area contributed by atoms with E-state index in [0.29, 0.717) is 31.3 Å². The molecule has 0 spiro atoms. The lowest BCUT2D eigenvalue weighted by molar-refractivity contribution is -0.119. The molecule has 1 heterocycles. The molecule has 0 bridgehead atoms. The van der Waals surface area contributed by atoms with Crippen molar-refractivity contribution in [3.05, 3.63) is 48.5 Å². The molecule has 6 nitrogen and oxygen atoms in total. The standard InChI is InChI=1S/C23H29N3O3S.ClH/c1-4-28-19-12-8-13-20-22(19)24-23(30-20)26(16-9-15-25(2)3)21(27)14-17-29-18-10-6-5-7-11-18;/h5-8,10-13H,4,9,14-17H2,1-3H3;1H. The molecule has 168 valence electrons. The molecule has 31 heavy (non-hydrogen) atoms. The molecule has 0 radical (unpaired) electrons. The first-order valence-corrected chi connectivity index (χ1v) is 11.1. The minimum atomic E-state index is 0. The molecule has 0 fully saturated rings. The first-order chi connectivity index (χ1) is 14.6. The Morgan fingerprint density at radius 1 is 1.03 bits per heavy atom. The van der Waals surface area contributed by atoms with Crippen molar-refractivity contribution in [3.8, 4) is 11.5 Å². The first-order valence-electron chi connectivity index (χ1n) is 10.2. The van der Waals surface area contributed by atoms with Crippen molar-refractivity contribution in [2.45, 2.75) is 19.8 Å². The predicted octanol–water partition coefficient (Wildman–Crippen LogP) is 4.87. The number of carbonyl (C=O) groups excluding carboxylic acids is 1. The fourth-order valence-corrected chi connectivity index (χ4v) is 4.11. The van der Waals surface area contributed by atoms with Gasteiger partial charge in [-0.1, -0.05) is 35.6 Å². The van der Waals surface area contributed by atoms with Gasteiger partial charge in [-0.15, -0.1) is 12.4 Å². The van der Waals surface area contributed by atoms with Crippen LogP contribution in [-0.4, -0.2) is 56.2 Å². The number of fused-ring (bicyclic) bond motifs is 1. The SMILES string of the molecule is CCOc1cccc2sc(N(CCCN(C)C)C(=O)CCOc3ccccc3)nc12.Cl. The number of amides is 1. The Balaban J connectivity index is 0.00000341. The van der Waals surface area contributed by atoms with E-state index in [1.165, 1.54) is 11.3 Å². The zero-order valence-corrected chi connectivity index (χ0v) is 19.9. The fraction of sp³-hybridized carbons (Fsp3) is 0.391. The number of anilines is 1. The van der Waals surface area contributed by atoms with Crippen molar-refractivity contribution in [1.29, 1.82) is 0 Å². The topological polar surface area (TPSA) is 54.9 Å². The number of nitrogens with zero attached hydrogens (tertiary/aromatic N) is 3. The summed E-state index contributed by atoms with van der Waals surface area (Å²) in [6, 6.07) is 15.4. The van der Waals surface area contributed by atoms with E-state index in [-0.39, 0.29) is 18.3 Å². The Hall–Kier alpha value is -2.35. The smallest absolute Gasteiger partial charge is 0.232 e. The Bertz CT molecular complexity index is 950. The molecule has 0 aliphatic rings. The van der Waals surface area contributed by atoms with Crippen molar-refractivity contribution in [3.63, 3.8) is 0 Å². The van der Waals surface area contributed by atoms with Gasteiger partial charge in [-0.2, -0.15) is 0 Å². The molecule has 0 atom stereocenters. The number of hydrogen-bond acceptors (Lipinski definition) is 6. The van der Waals surface area contributed by atoms with E-state index in [0.717, 1.165) is 34.7 Å². The number of rotatable bonds is 11. The zero-order valence-electron chi connectivity index (χ0n) is 18.2. The second kappa shape index (κ2) is 12.5. The third kappa shape index (κ3) is 7.09. The summed E-state index contributed by atoms with van der Waals surface area (Å²) >= 11 is 1.52. The van der Waals surface area contributed by atoms with Gasteiger partial charge in [0.25, 0.3) is 0 Å². The van der Waals surface area contributed by atoms with E-state index in [1.54, 1.807) is 4.90 Å². The maximum Gasteiger partial charge on any atom is 0.232 e. The fourth-order valence-electron chi connectivity index (χ4n) is 3.08. The average Bonchev–Trinajstić information content (AvgIpc) is 3.17. The van der Waals surface area contributed by atoms with Gasteiger partial charge in [0, 0.05) is 6.54 Å². The molecule has 0 unspecified atom stereocenters. The lowest BCUT2D eigenvalue weighted by atomic mass is 10.3. The van der Waals surface area contributed by atoms with E-state index in [2.05, 4.69) is 4.90 Å². The summed E-state index contributed by atoms with van der Waals surface area (Å²) in [7, 11) is 4.07. The van der Waals surface area contributed by atoms with Gasteiger partial charge in [0.1, 0.15) is 17.0 Å². The van der Waals surface area contributed by atoms with Crippen LogP contribution in [0, 0.1) is 0 Å². The summed E-state index contributed by atoms with van der Waals surface area (Å²) in [5.74, 6) is 1.54. The molecule has 0 saturated heterocycles. The van der Waals surface area contributed by atoms with E-state index in [1.807, 2.05) is 69.6 Å². The minimum absolute atomic E-state index is 0. The molecule has 0 saturated carbocycles. The van der Waals surface area contributed by atoms with Crippen LogP contribution >= 0.6 is 23.7 Å². The van der Waals surface area contributed by atoms with E-state index < -0.39 is 0 Å². The summed E-state index contributed by atoms with van der Waals surface area (Å²) < 4.78 is 12.5. The average molecular weight is 464 g/mol. The number of ether oxygens (including phenoxy) is 2. The Morgan fingerprint density at radius 3 is 2.52 bits per heavy atom. The van der Waals surface area contributed by atoms with E-state index in [9.17, 15) is 4.79 Å². The number of carbonyl (C=O) groups is 1. The van der Waals surface area contributed by atoms with Gasteiger partial charge in [-0.25, -0.2) is 4.98 Å². The van der Waals surface area contributed by atoms with Crippen molar-refractivity contribution in [1.82, 2.24) is 9.88 Å². The molecule has 3 rings (SSSR count). The largest absolute Gasteiger partial charge is 0.493 e. The number of halogens is 1. The normalized spacial score (nSPS) is 10.7. The second-order valence-electron chi connectivity index (χ2n) is 7.15. The van der Waals surface area contributed by atoms with Crippen molar-refractivity contribution < 1.29 is 14.3 Å². The highest BCUT2D eigenvalue weighted by Gasteiger charge is 2.21. The maximum atomic E-state index is 13.1. The van der Waals surface area contributed by atoms with Crippen LogP contribution in [0.3, 0.4) is 0 Å². The summed E-state index contributed by atoms with van der Waals surface area (Å²) in [5, 5.41) is 0.709. The quantitative estimate of drug-likeness (QED) is 0.406. The third-order valence-corrected chi connectivity index (χ3v) is 5.56. The molecular weight excluding hydrogens is 434 g/mol. The Morgan fingerprint density at radius 2 is 1.81 bits per heavy atom. The van der Waals surface area contributed by atoms with Crippen LogP contribution in [0.5, 0.6) is 11.5 Å². The molecule has 0 aliphatic heterocycles. The van der Waals surface area contributed by atoms with Gasteiger partial charge in [-0.05, 0) is 58.3 Å². The predicted molar refractivity (Wildman–Crippen MR) is 130 cm³/mol. The Labute approximate surface area is 194 Å². The first kappa shape index (κ1) is 24.9. The number of thiazole rings is 1. The number of hydrogen-bond donors (Lipinski definition) is 0. The van der Waals surface area contributed by atoms with Gasteiger partial charge in [0.2, 0.25) is 5.91 Å². The molecule has 8 heteroatoms. The van der Waals surface area contributed by atoms with Gasteiger partial charge in [0.15, 0.2) is 5.13 Å². The summed E-state index contributed by atoms with van der Waals surface area (Å²) in [4.78, 5) is 21.7. The maximum absolute atomic E-state index is 13.1. The number of aromatic nitrogens is 1. The molecule has 1 amide bonds. The third-order valence-electron chi connectivity index (χ3n) is 4.52. The molecule has 2 aromatic carbocycles. The van der Waals surface area contributed by atoms with Crippen LogP contribution in [0.25, 0.3) is 10.2 Å². The lowest BCUT2D eigenvalue weighted by Crippen LogP contribution is -2.34. The van der Waals surface area contributed by atoms with Crippen molar-refractivity contribution in [2.24, 2.45) is 0 Å². The summed E-state index contributed by atoms with van der Waals surface area (Å²) in [6.45, 7) is 4.39. The van der Waals surface area contributed by atoms with Gasteiger partial charge >= 0.3 is 0 Å². The molecule has 3 aromatic rings. The summed E-state index contributed by atoms with van der Waals surface area (Å²) in [6.07, 6.45) is 1.16. The van der Waals surface area contributed by atoms with Crippen LogP contribution in [-0.2, 0) is 4.79 Å². The number of para-hydroxylation sites is 2. The van der Waals surface area contributed by atoms with Crippen molar-refractivity contribution >= 4 is 45.0 Å². The molecular formula is C23H30ClN3O3S. The van der Waals surface area contributed by atoms with Gasteiger partial charge in [0.05, 0.1) is 24.3 Å². The van der Waals surface area contributed by atoms with Gasteiger partial charge < -0.3 is 14.4 Å². The minimum Gasteiger partial charge on any atom is -0.493 e. The van der Waals surface area contributed by atoms with Crippen LogP contribution < -0.4 is 14.4 Å². The zero-order chi connectivity index (χ0) is 21.3. The van der Waals surface area contributed by atoms with Crippen LogP contribution in [0.2, 0.25) is 0 Å². The Kier molecular flexibility index (Phi) is 10.0. The molecule has 1 aromatic heterocycles. The highest BCUT2D eigenvalue weighted by molar-refractivity contribution is 7.22. The van der Waals surface area contributed by atoms with Crippen LogP contribution in [0.4, 0.5) is 5.13 Å². The molecule has 0 N–H and O–H groups in total. The highest BCUT2D eigenvalue weighted by Crippen LogP contribution is 2.34. The number of benzene rings is 2. The lowest BCUT2D eigenvalue weighted by Gasteiger charge is -2.21. The van der Waals surface area contributed by atoms with E-state index in [4.69, 9.17) is 14.5 Å². The molecule has 0 aliphatic carbocycles.